The predicted octanol–water partition coefficient (Wildman–Crippen LogP) is 1.34. The first kappa shape index (κ1) is 14.2. The third kappa shape index (κ3) is 3.62. The molecule has 0 aliphatic rings. The van der Waals surface area contributed by atoms with Gasteiger partial charge in [0.1, 0.15) is 12.7 Å². The van der Waals surface area contributed by atoms with Crippen LogP contribution in [0.4, 0.5) is 11.9 Å². The highest BCUT2D eigenvalue weighted by molar-refractivity contribution is 5.37. The van der Waals surface area contributed by atoms with E-state index in [2.05, 4.69) is 49.5 Å². The van der Waals surface area contributed by atoms with Gasteiger partial charge in [0, 0.05) is 13.1 Å². The van der Waals surface area contributed by atoms with Gasteiger partial charge < -0.3 is 10.6 Å². The lowest BCUT2D eigenvalue weighted by atomic mass is 10.1. The van der Waals surface area contributed by atoms with Gasteiger partial charge in [-0.15, -0.1) is 0 Å². The Kier molecular flexibility index (Phi) is 4.80. The van der Waals surface area contributed by atoms with Crippen molar-refractivity contribution in [3.8, 4) is 5.95 Å². The molecule has 0 saturated heterocycles. The van der Waals surface area contributed by atoms with Gasteiger partial charge in [-0.3, -0.25) is 0 Å². The zero-order valence-electron chi connectivity index (χ0n) is 12.0. The quantitative estimate of drug-likeness (QED) is 0.788. The van der Waals surface area contributed by atoms with E-state index < -0.39 is 0 Å². The van der Waals surface area contributed by atoms with Crippen LogP contribution in [0.1, 0.15) is 27.2 Å². The van der Waals surface area contributed by atoms with Crippen molar-refractivity contribution in [2.75, 3.05) is 23.7 Å². The second-order valence-corrected chi connectivity index (χ2v) is 4.55. The van der Waals surface area contributed by atoms with E-state index in [0.29, 0.717) is 23.8 Å². The Bertz CT molecular complexity index is 524. The predicted molar refractivity (Wildman–Crippen MR) is 76.9 cm³/mol. The highest BCUT2D eigenvalue weighted by atomic mass is 15.4. The Labute approximate surface area is 118 Å². The maximum Gasteiger partial charge on any atom is 0.258 e. The minimum Gasteiger partial charge on any atom is -0.354 e. The van der Waals surface area contributed by atoms with Crippen LogP contribution in [0.5, 0.6) is 0 Å². The molecule has 2 aromatic rings. The molecular weight excluding hydrogens is 256 g/mol. The smallest absolute Gasteiger partial charge is 0.258 e. The van der Waals surface area contributed by atoms with E-state index in [9.17, 15) is 0 Å². The van der Waals surface area contributed by atoms with E-state index in [1.54, 1.807) is 6.33 Å². The second kappa shape index (κ2) is 6.78. The molecular formula is C12H20N8. The van der Waals surface area contributed by atoms with Gasteiger partial charge in [0.05, 0.1) is 0 Å². The lowest BCUT2D eigenvalue weighted by molar-refractivity contribution is 0.590. The minimum atomic E-state index is 0.445. The fourth-order valence-electron chi connectivity index (χ4n) is 1.50. The van der Waals surface area contributed by atoms with E-state index in [-0.39, 0.29) is 0 Å². The highest BCUT2D eigenvalue weighted by Crippen LogP contribution is 2.09. The molecule has 0 aliphatic heterocycles. The average molecular weight is 276 g/mol. The number of hydrogen-bond donors (Lipinski definition) is 2. The molecule has 0 fully saturated rings. The van der Waals surface area contributed by atoms with E-state index in [4.69, 9.17) is 0 Å². The van der Waals surface area contributed by atoms with Crippen LogP contribution in [0, 0.1) is 5.92 Å². The van der Waals surface area contributed by atoms with Crippen molar-refractivity contribution in [1.82, 2.24) is 29.7 Å². The van der Waals surface area contributed by atoms with Gasteiger partial charge in [-0.25, -0.2) is 4.98 Å². The SMILES string of the molecule is CCNc1nc(NCC(C)CC)nc(-n2cncn2)n1. The topological polar surface area (TPSA) is 93.4 Å². The summed E-state index contributed by atoms with van der Waals surface area (Å²) < 4.78 is 1.51. The van der Waals surface area contributed by atoms with E-state index in [1.165, 1.54) is 11.0 Å². The molecule has 0 aromatic carbocycles. The molecule has 8 nitrogen and oxygen atoms in total. The number of nitrogens with zero attached hydrogens (tertiary/aromatic N) is 6. The van der Waals surface area contributed by atoms with E-state index in [1.807, 2.05) is 6.92 Å². The van der Waals surface area contributed by atoms with Crippen molar-refractivity contribution < 1.29 is 0 Å². The molecule has 0 spiro atoms. The molecule has 2 rings (SSSR count). The standard InChI is InChI=1S/C12H20N8/c1-4-9(3)6-15-11-17-10(14-5-2)18-12(19-11)20-8-13-7-16-20/h7-9H,4-6H2,1-3H3,(H2,14,15,17,18,19). The van der Waals surface area contributed by atoms with Crippen LogP contribution in [0.3, 0.4) is 0 Å². The van der Waals surface area contributed by atoms with Crippen LogP contribution in [0.2, 0.25) is 0 Å². The largest absolute Gasteiger partial charge is 0.354 e. The Morgan fingerprint density at radius 1 is 1.15 bits per heavy atom. The summed E-state index contributed by atoms with van der Waals surface area (Å²) in [5.74, 6) is 2.07. The molecule has 1 atom stereocenters. The molecule has 0 amide bonds. The summed E-state index contributed by atoms with van der Waals surface area (Å²) in [4.78, 5) is 16.9. The van der Waals surface area contributed by atoms with Gasteiger partial charge in [0.15, 0.2) is 0 Å². The van der Waals surface area contributed by atoms with Crippen molar-refractivity contribution in [1.29, 1.82) is 0 Å². The van der Waals surface area contributed by atoms with Crippen LogP contribution in [0.25, 0.3) is 5.95 Å². The lowest BCUT2D eigenvalue weighted by Gasteiger charge is -2.11. The maximum absolute atomic E-state index is 4.35. The number of rotatable bonds is 7. The first-order chi connectivity index (χ1) is 9.72. The van der Waals surface area contributed by atoms with Gasteiger partial charge in [-0.05, 0) is 12.8 Å². The van der Waals surface area contributed by atoms with Gasteiger partial charge >= 0.3 is 0 Å². The molecule has 2 heterocycles. The number of nitrogens with one attached hydrogen (secondary N) is 2. The van der Waals surface area contributed by atoms with Crippen molar-refractivity contribution in [2.45, 2.75) is 27.2 Å². The Hall–Kier alpha value is -2.25. The van der Waals surface area contributed by atoms with Crippen molar-refractivity contribution >= 4 is 11.9 Å². The minimum absolute atomic E-state index is 0.445. The summed E-state index contributed by atoms with van der Waals surface area (Å²) in [6, 6.07) is 0. The molecule has 0 saturated carbocycles. The molecule has 2 N–H and O–H groups in total. The molecule has 2 aromatic heterocycles. The summed E-state index contributed by atoms with van der Waals surface area (Å²) in [6.07, 6.45) is 4.11. The summed E-state index contributed by atoms with van der Waals surface area (Å²) in [7, 11) is 0. The van der Waals surface area contributed by atoms with Crippen LogP contribution in [-0.2, 0) is 0 Å². The molecule has 0 aliphatic carbocycles. The molecule has 108 valence electrons. The lowest BCUT2D eigenvalue weighted by Crippen LogP contribution is -2.16. The molecule has 8 heteroatoms. The van der Waals surface area contributed by atoms with E-state index in [0.717, 1.165) is 19.5 Å². The zero-order chi connectivity index (χ0) is 14.4. The molecule has 0 radical (unpaired) electrons. The number of anilines is 2. The summed E-state index contributed by atoms with van der Waals surface area (Å²) in [5, 5.41) is 10.4. The first-order valence-electron chi connectivity index (χ1n) is 6.81. The summed E-state index contributed by atoms with van der Waals surface area (Å²) in [6.45, 7) is 7.89. The van der Waals surface area contributed by atoms with Crippen molar-refractivity contribution in [2.24, 2.45) is 5.92 Å². The third-order valence-corrected chi connectivity index (χ3v) is 2.89. The number of aromatic nitrogens is 6. The average Bonchev–Trinajstić information content (AvgIpc) is 2.99. The van der Waals surface area contributed by atoms with Crippen molar-refractivity contribution in [3.05, 3.63) is 12.7 Å². The maximum atomic E-state index is 4.35. The van der Waals surface area contributed by atoms with Gasteiger partial charge in [0.25, 0.3) is 5.95 Å². The Balaban J connectivity index is 2.22. The van der Waals surface area contributed by atoms with Crippen LogP contribution in [-0.4, -0.2) is 42.8 Å². The molecule has 0 bridgehead atoms. The van der Waals surface area contributed by atoms with E-state index >= 15 is 0 Å². The highest BCUT2D eigenvalue weighted by Gasteiger charge is 2.09. The van der Waals surface area contributed by atoms with Gasteiger partial charge in [-0.1, -0.05) is 20.3 Å². The van der Waals surface area contributed by atoms with Crippen LogP contribution in [0.15, 0.2) is 12.7 Å². The fourth-order valence-corrected chi connectivity index (χ4v) is 1.50. The zero-order valence-corrected chi connectivity index (χ0v) is 12.0. The van der Waals surface area contributed by atoms with Gasteiger partial charge in [-0.2, -0.15) is 24.7 Å². The monoisotopic (exact) mass is 276 g/mol. The normalized spacial score (nSPS) is 12.2. The number of hydrogen-bond acceptors (Lipinski definition) is 7. The second-order valence-electron chi connectivity index (χ2n) is 4.55. The first-order valence-corrected chi connectivity index (χ1v) is 6.81. The molecule has 1 unspecified atom stereocenters. The third-order valence-electron chi connectivity index (χ3n) is 2.89. The Morgan fingerprint density at radius 3 is 2.50 bits per heavy atom. The molecule has 20 heavy (non-hydrogen) atoms. The van der Waals surface area contributed by atoms with Crippen molar-refractivity contribution in [3.63, 3.8) is 0 Å². The van der Waals surface area contributed by atoms with Crippen LogP contribution < -0.4 is 10.6 Å². The fraction of sp³-hybridized carbons (Fsp3) is 0.583. The summed E-state index contributed by atoms with van der Waals surface area (Å²) >= 11 is 0. The van der Waals surface area contributed by atoms with Gasteiger partial charge in [0.2, 0.25) is 11.9 Å². The van der Waals surface area contributed by atoms with Crippen LogP contribution >= 0.6 is 0 Å². The summed E-state index contributed by atoms with van der Waals surface area (Å²) in [5.41, 5.74) is 0. The Morgan fingerprint density at radius 2 is 1.90 bits per heavy atom.